The van der Waals surface area contributed by atoms with E-state index in [0.717, 1.165) is 38.6 Å². The summed E-state index contributed by atoms with van der Waals surface area (Å²) in [5.41, 5.74) is 3.26. The van der Waals surface area contributed by atoms with E-state index in [0.29, 0.717) is 24.1 Å². The molecule has 8 nitrogen and oxygen atoms in total. The van der Waals surface area contributed by atoms with Crippen molar-refractivity contribution < 1.29 is 14.2 Å². The van der Waals surface area contributed by atoms with Gasteiger partial charge in [0.2, 0.25) is 0 Å². The van der Waals surface area contributed by atoms with Crippen molar-refractivity contribution in [2.45, 2.75) is 12.6 Å². The fourth-order valence-electron chi connectivity index (χ4n) is 4.66. The lowest BCUT2D eigenvalue weighted by atomic mass is 10.0. The number of methoxy groups -OCH3 is 2. The minimum absolute atomic E-state index is 0.325. The maximum atomic E-state index is 13.4. The number of nitrogens with zero attached hydrogens (tertiary/aromatic N) is 3. The third-order valence-corrected chi connectivity index (χ3v) is 6.33. The van der Waals surface area contributed by atoms with Gasteiger partial charge in [-0.05, 0) is 47.5 Å². The van der Waals surface area contributed by atoms with Gasteiger partial charge in [-0.2, -0.15) is 0 Å². The number of ether oxygens (including phenoxy) is 3. The first-order chi connectivity index (χ1) is 16.0. The minimum Gasteiger partial charge on any atom is -0.497 e. The number of aromatic nitrogens is 3. The number of aryl methyl sites for hydroxylation is 1. The smallest absolute Gasteiger partial charge is 0.331 e. The summed E-state index contributed by atoms with van der Waals surface area (Å²) in [4.78, 5) is 26.3. The van der Waals surface area contributed by atoms with E-state index in [1.54, 1.807) is 25.8 Å². The van der Waals surface area contributed by atoms with E-state index in [2.05, 4.69) is 4.57 Å². The number of benzene rings is 2. The van der Waals surface area contributed by atoms with Crippen LogP contribution in [0, 0.1) is 0 Å². The van der Waals surface area contributed by atoms with Gasteiger partial charge in [-0.3, -0.25) is 13.9 Å². The second kappa shape index (κ2) is 7.97. The first kappa shape index (κ1) is 21.1. The van der Waals surface area contributed by atoms with Gasteiger partial charge in [0.25, 0.3) is 5.56 Å². The summed E-state index contributed by atoms with van der Waals surface area (Å²) in [5, 5.41) is 0.503. The molecule has 0 radical (unpaired) electrons. The van der Waals surface area contributed by atoms with Crippen LogP contribution < -0.4 is 20.7 Å². The van der Waals surface area contributed by atoms with Crippen molar-refractivity contribution in [1.82, 2.24) is 13.7 Å². The third-order valence-electron chi connectivity index (χ3n) is 6.33. The Morgan fingerprint density at radius 2 is 1.48 bits per heavy atom. The molecule has 0 N–H and O–H groups in total. The molecule has 1 atom stereocenters. The Hall–Kier alpha value is -3.78. The van der Waals surface area contributed by atoms with Gasteiger partial charge >= 0.3 is 5.69 Å². The molecule has 33 heavy (non-hydrogen) atoms. The Labute approximate surface area is 190 Å². The first-order valence-corrected chi connectivity index (χ1v) is 10.7. The Kier molecular flexibility index (Phi) is 5.09. The summed E-state index contributed by atoms with van der Waals surface area (Å²) < 4.78 is 21.6. The van der Waals surface area contributed by atoms with E-state index in [9.17, 15) is 9.59 Å². The molecule has 0 aliphatic carbocycles. The van der Waals surface area contributed by atoms with Crippen LogP contribution in [0.1, 0.15) is 17.4 Å². The summed E-state index contributed by atoms with van der Waals surface area (Å²) in [6, 6.07) is 15.3. The molecular formula is C25H25N3O5. The van der Waals surface area contributed by atoms with Gasteiger partial charge in [-0.25, -0.2) is 4.79 Å². The molecule has 1 aliphatic heterocycles. The quantitative estimate of drug-likeness (QED) is 0.481. The van der Waals surface area contributed by atoms with Crippen molar-refractivity contribution in [2.24, 2.45) is 14.1 Å². The second-order valence-corrected chi connectivity index (χ2v) is 8.07. The monoisotopic (exact) mass is 447 g/mol. The summed E-state index contributed by atoms with van der Waals surface area (Å²) in [6.07, 6.45) is -0.433. The maximum absolute atomic E-state index is 13.4. The predicted molar refractivity (Wildman–Crippen MR) is 125 cm³/mol. The van der Waals surface area contributed by atoms with Gasteiger partial charge < -0.3 is 18.8 Å². The zero-order valence-corrected chi connectivity index (χ0v) is 19.0. The van der Waals surface area contributed by atoms with Gasteiger partial charge in [0.05, 0.1) is 43.1 Å². The van der Waals surface area contributed by atoms with Crippen molar-refractivity contribution in [3.8, 4) is 22.8 Å². The van der Waals surface area contributed by atoms with Crippen LogP contribution in [0.4, 0.5) is 0 Å². The largest absolute Gasteiger partial charge is 0.497 e. The molecule has 2 aromatic heterocycles. The fourth-order valence-corrected chi connectivity index (χ4v) is 4.66. The van der Waals surface area contributed by atoms with E-state index in [1.165, 1.54) is 7.05 Å². The lowest BCUT2D eigenvalue weighted by Crippen LogP contribution is -2.37. The van der Waals surface area contributed by atoms with Crippen molar-refractivity contribution in [3.63, 3.8) is 0 Å². The van der Waals surface area contributed by atoms with E-state index in [4.69, 9.17) is 14.2 Å². The van der Waals surface area contributed by atoms with Gasteiger partial charge in [0.15, 0.2) is 0 Å². The molecule has 0 saturated heterocycles. The Morgan fingerprint density at radius 1 is 0.879 bits per heavy atom. The molecule has 0 spiro atoms. The minimum atomic E-state index is -0.433. The van der Waals surface area contributed by atoms with Crippen LogP contribution in [0.15, 0.2) is 58.1 Å². The Morgan fingerprint density at radius 3 is 2.09 bits per heavy atom. The normalized spacial score (nSPS) is 15.5. The van der Waals surface area contributed by atoms with Gasteiger partial charge in [0, 0.05) is 20.6 Å². The van der Waals surface area contributed by atoms with Crippen molar-refractivity contribution >= 4 is 10.9 Å². The molecule has 0 bridgehead atoms. The molecule has 5 rings (SSSR count). The highest BCUT2D eigenvalue weighted by atomic mass is 16.5. The van der Waals surface area contributed by atoms with E-state index >= 15 is 0 Å². The molecule has 170 valence electrons. The lowest BCUT2D eigenvalue weighted by Gasteiger charge is -2.28. The highest BCUT2D eigenvalue weighted by molar-refractivity contribution is 5.96. The molecule has 2 aromatic carbocycles. The van der Waals surface area contributed by atoms with Crippen LogP contribution >= 0.6 is 0 Å². The summed E-state index contributed by atoms with van der Waals surface area (Å²) >= 11 is 0. The molecule has 8 heteroatoms. The number of rotatable bonds is 4. The standard InChI is InChI=1S/C25H25N3O5/c1-26-21-19(24(29)27(2)25(26)30)20(15-5-9-17(31-3)10-6-15)28-13-14-33-23(22(21)28)16-7-11-18(32-4)12-8-16/h5-12,23H,13-14H2,1-4H3. The lowest BCUT2D eigenvalue weighted by molar-refractivity contribution is 0.0478. The van der Waals surface area contributed by atoms with Crippen molar-refractivity contribution in [2.75, 3.05) is 20.8 Å². The Balaban J connectivity index is 1.87. The predicted octanol–water partition coefficient (Wildman–Crippen LogP) is 2.84. The van der Waals surface area contributed by atoms with E-state index < -0.39 is 6.10 Å². The molecule has 4 aromatic rings. The average Bonchev–Trinajstić information content (AvgIpc) is 3.22. The number of fused-ring (bicyclic) bond motifs is 3. The van der Waals surface area contributed by atoms with Crippen LogP contribution in [0.3, 0.4) is 0 Å². The first-order valence-electron chi connectivity index (χ1n) is 10.7. The van der Waals surface area contributed by atoms with Crippen molar-refractivity contribution in [3.05, 3.63) is 80.6 Å². The second-order valence-electron chi connectivity index (χ2n) is 8.07. The molecule has 0 saturated carbocycles. The Bertz CT molecular complexity index is 1460. The molecule has 0 amide bonds. The summed E-state index contributed by atoms with van der Waals surface area (Å²) in [5.74, 6) is 1.48. The SMILES string of the molecule is COc1ccc(-c2c3c(=O)n(C)c(=O)n(C)c3c3n2CCOC3c2ccc(OC)cc2)cc1. The highest BCUT2D eigenvalue weighted by Crippen LogP contribution is 2.41. The molecular weight excluding hydrogens is 422 g/mol. The van der Waals surface area contributed by atoms with Crippen LogP contribution in [0.5, 0.6) is 11.5 Å². The highest BCUT2D eigenvalue weighted by Gasteiger charge is 2.33. The zero-order valence-electron chi connectivity index (χ0n) is 19.0. The van der Waals surface area contributed by atoms with Gasteiger partial charge in [0.1, 0.15) is 17.6 Å². The van der Waals surface area contributed by atoms with Gasteiger partial charge in [-0.15, -0.1) is 0 Å². The average molecular weight is 447 g/mol. The van der Waals surface area contributed by atoms with Crippen molar-refractivity contribution in [1.29, 1.82) is 0 Å². The molecule has 1 aliphatic rings. The van der Waals surface area contributed by atoms with Crippen LogP contribution in [-0.2, 0) is 25.4 Å². The summed E-state index contributed by atoms with van der Waals surface area (Å²) in [7, 11) is 6.45. The summed E-state index contributed by atoms with van der Waals surface area (Å²) in [6.45, 7) is 1.04. The topological polar surface area (TPSA) is 76.6 Å². The fraction of sp³-hybridized carbons (Fsp3) is 0.280. The molecule has 0 fully saturated rings. The third kappa shape index (κ3) is 3.17. The zero-order chi connectivity index (χ0) is 23.3. The van der Waals surface area contributed by atoms with Gasteiger partial charge in [-0.1, -0.05) is 12.1 Å². The van der Waals surface area contributed by atoms with Crippen LogP contribution in [0.25, 0.3) is 22.2 Å². The van der Waals surface area contributed by atoms with Crippen LogP contribution in [0.2, 0.25) is 0 Å². The van der Waals surface area contributed by atoms with E-state index in [1.807, 2.05) is 48.5 Å². The maximum Gasteiger partial charge on any atom is 0.331 e. The molecule has 1 unspecified atom stereocenters. The number of hydrogen-bond donors (Lipinski definition) is 0. The van der Waals surface area contributed by atoms with Crippen LogP contribution in [-0.4, -0.2) is 34.5 Å². The van der Waals surface area contributed by atoms with E-state index in [-0.39, 0.29) is 11.2 Å². The number of hydrogen-bond acceptors (Lipinski definition) is 5. The molecule has 3 heterocycles.